The molecule has 0 saturated heterocycles. The normalized spacial score (nSPS) is 24.2. The highest BCUT2D eigenvalue weighted by Crippen LogP contribution is 2.26. The van der Waals surface area contributed by atoms with Crippen LogP contribution in [0.5, 0.6) is 5.75 Å². The quantitative estimate of drug-likeness (QED) is 0.871. The lowest BCUT2D eigenvalue weighted by molar-refractivity contribution is 0.127. The molecule has 4 N–H and O–H groups in total. The summed E-state index contributed by atoms with van der Waals surface area (Å²) < 4.78 is 41.5. The van der Waals surface area contributed by atoms with Gasteiger partial charge >= 0.3 is 0 Å². The number of primary sulfonamides is 1. The minimum Gasteiger partial charge on any atom is -0.486 e. The SMILES string of the molecule is NC1CCCCC1Oc1ccc(S(N)(=O)=O)cc1F. The summed E-state index contributed by atoms with van der Waals surface area (Å²) in [4.78, 5) is -0.273. The van der Waals surface area contributed by atoms with Crippen molar-refractivity contribution < 1.29 is 17.5 Å². The lowest BCUT2D eigenvalue weighted by Gasteiger charge is -2.29. The molecule has 2 unspecified atom stereocenters. The zero-order valence-corrected chi connectivity index (χ0v) is 11.2. The molecule has 1 saturated carbocycles. The molecular weight excluding hydrogens is 271 g/mol. The summed E-state index contributed by atoms with van der Waals surface area (Å²) >= 11 is 0. The Hall–Kier alpha value is -1.18. The van der Waals surface area contributed by atoms with Crippen LogP contribution in [0.3, 0.4) is 0 Å². The molecule has 0 heterocycles. The molecule has 1 aliphatic rings. The Balaban J connectivity index is 2.17. The van der Waals surface area contributed by atoms with E-state index in [0.717, 1.165) is 31.7 Å². The summed E-state index contributed by atoms with van der Waals surface area (Å²) in [5, 5.41) is 4.93. The third-order valence-electron chi connectivity index (χ3n) is 3.26. The van der Waals surface area contributed by atoms with Crippen LogP contribution in [0.4, 0.5) is 4.39 Å². The first-order valence-electron chi connectivity index (χ1n) is 6.12. The van der Waals surface area contributed by atoms with Gasteiger partial charge in [0.25, 0.3) is 0 Å². The van der Waals surface area contributed by atoms with Gasteiger partial charge in [-0.2, -0.15) is 0 Å². The predicted molar refractivity (Wildman–Crippen MR) is 68.6 cm³/mol. The largest absolute Gasteiger partial charge is 0.486 e. The zero-order valence-electron chi connectivity index (χ0n) is 10.4. The van der Waals surface area contributed by atoms with Crippen LogP contribution in [0, 0.1) is 5.82 Å². The highest BCUT2D eigenvalue weighted by Gasteiger charge is 2.24. The second-order valence-electron chi connectivity index (χ2n) is 4.74. The van der Waals surface area contributed by atoms with E-state index >= 15 is 0 Å². The molecule has 19 heavy (non-hydrogen) atoms. The predicted octanol–water partition coefficient (Wildman–Crippen LogP) is 1.12. The Bertz CT molecular complexity index is 562. The van der Waals surface area contributed by atoms with Crippen molar-refractivity contribution in [1.82, 2.24) is 0 Å². The Labute approximate surface area is 111 Å². The molecular formula is C12H17FN2O3S. The Morgan fingerprint density at radius 2 is 1.95 bits per heavy atom. The number of sulfonamides is 1. The molecule has 0 bridgehead atoms. The standard InChI is InChI=1S/C12H17FN2O3S/c13-9-7-8(19(15,16)17)5-6-11(9)18-12-4-2-1-3-10(12)14/h5-7,10,12H,1-4,14H2,(H2,15,16,17). The third-order valence-corrected chi connectivity index (χ3v) is 4.17. The number of nitrogens with two attached hydrogens (primary N) is 2. The average molecular weight is 288 g/mol. The fraction of sp³-hybridized carbons (Fsp3) is 0.500. The van der Waals surface area contributed by atoms with Crippen molar-refractivity contribution in [3.63, 3.8) is 0 Å². The first kappa shape index (κ1) is 14.2. The number of benzene rings is 1. The summed E-state index contributed by atoms with van der Waals surface area (Å²) in [6, 6.07) is 3.24. The van der Waals surface area contributed by atoms with Crippen molar-refractivity contribution in [2.45, 2.75) is 42.7 Å². The van der Waals surface area contributed by atoms with E-state index in [9.17, 15) is 12.8 Å². The molecule has 0 spiro atoms. The van der Waals surface area contributed by atoms with Crippen LogP contribution in [0.15, 0.2) is 23.1 Å². The second kappa shape index (κ2) is 5.44. The van der Waals surface area contributed by atoms with Crippen LogP contribution in [-0.4, -0.2) is 20.6 Å². The molecule has 0 aliphatic heterocycles. The van der Waals surface area contributed by atoms with Gasteiger partial charge in [0.1, 0.15) is 6.10 Å². The van der Waals surface area contributed by atoms with E-state index in [2.05, 4.69) is 0 Å². The van der Waals surface area contributed by atoms with E-state index < -0.39 is 15.8 Å². The Kier molecular flexibility index (Phi) is 4.07. The molecule has 2 atom stereocenters. The first-order valence-corrected chi connectivity index (χ1v) is 7.67. The lowest BCUT2D eigenvalue weighted by Crippen LogP contribution is -2.41. The molecule has 0 aromatic heterocycles. The van der Waals surface area contributed by atoms with Gasteiger partial charge in [-0.25, -0.2) is 17.9 Å². The summed E-state index contributed by atoms with van der Waals surface area (Å²) in [6.07, 6.45) is 3.44. The number of ether oxygens (including phenoxy) is 1. The minimum absolute atomic E-state index is 0.00903. The van der Waals surface area contributed by atoms with E-state index in [0.29, 0.717) is 0 Å². The highest BCUT2D eigenvalue weighted by atomic mass is 32.2. The smallest absolute Gasteiger partial charge is 0.238 e. The number of halogens is 1. The molecule has 0 amide bonds. The summed E-state index contributed by atoms with van der Waals surface area (Å²) in [5.41, 5.74) is 5.91. The molecule has 1 aliphatic carbocycles. The van der Waals surface area contributed by atoms with Crippen LogP contribution in [-0.2, 0) is 10.0 Å². The molecule has 2 rings (SSSR count). The van der Waals surface area contributed by atoms with Crippen molar-refractivity contribution in [2.24, 2.45) is 10.9 Å². The van der Waals surface area contributed by atoms with Crippen LogP contribution >= 0.6 is 0 Å². The van der Waals surface area contributed by atoms with Crippen molar-refractivity contribution >= 4 is 10.0 Å². The fourth-order valence-electron chi connectivity index (χ4n) is 2.19. The third kappa shape index (κ3) is 3.43. The zero-order chi connectivity index (χ0) is 14.0. The van der Waals surface area contributed by atoms with E-state index in [4.69, 9.17) is 15.6 Å². The van der Waals surface area contributed by atoms with E-state index in [1.807, 2.05) is 0 Å². The van der Waals surface area contributed by atoms with Crippen LogP contribution in [0.2, 0.25) is 0 Å². The number of hydrogen-bond acceptors (Lipinski definition) is 4. The van der Waals surface area contributed by atoms with Gasteiger partial charge in [0.15, 0.2) is 11.6 Å². The molecule has 1 fully saturated rings. The number of rotatable bonds is 3. The maximum atomic E-state index is 13.8. The lowest BCUT2D eigenvalue weighted by atomic mass is 9.93. The van der Waals surface area contributed by atoms with Crippen LogP contribution in [0.1, 0.15) is 25.7 Å². The maximum absolute atomic E-state index is 13.8. The summed E-state index contributed by atoms with van der Waals surface area (Å²) in [6.45, 7) is 0. The van der Waals surface area contributed by atoms with E-state index in [1.165, 1.54) is 12.1 Å². The van der Waals surface area contributed by atoms with E-state index in [1.54, 1.807) is 0 Å². The topological polar surface area (TPSA) is 95.4 Å². The molecule has 7 heteroatoms. The second-order valence-corrected chi connectivity index (χ2v) is 6.30. The minimum atomic E-state index is -3.91. The van der Waals surface area contributed by atoms with Gasteiger partial charge in [0.05, 0.1) is 4.90 Å². The number of hydrogen-bond donors (Lipinski definition) is 2. The molecule has 0 radical (unpaired) electrons. The highest BCUT2D eigenvalue weighted by molar-refractivity contribution is 7.89. The van der Waals surface area contributed by atoms with Gasteiger partial charge in [-0.3, -0.25) is 0 Å². The van der Waals surface area contributed by atoms with Crippen molar-refractivity contribution in [3.05, 3.63) is 24.0 Å². The molecule has 5 nitrogen and oxygen atoms in total. The first-order chi connectivity index (χ1) is 8.88. The average Bonchev–Trinajstić information content (AvgIpc) is 2.33. The van der Waals surface area contributed by atoms with Crippen LogP contribution < -0.4 is 15.6 Å². The molecule has 1 aromatic rings. The van der Waals surface area contributed by atoms with Gasteiger partial charge in [-0.15, -0.1) is 0 Å². The van der Waals surface area contributed by atoms with Gasteiger partial charge in [-0.1, -0.05) is 6.42 Å². The molecule has 106 valence electrons. The maximum Gasteiger partial charge on any atom is 0.238 e. The van der Waals surface area contributed by atoms with Crippen molar-refractivity contribution in [2.75, 3.05) is 0 Å². The van der Waals surface area contributed by atoms with Crippen LogP contribution in [0.25, 0.3) is 0 Å². The van der Waals surface area contributed by atoms with Gasteiger partial charge < -0.3 is 10.5 Å². The molecule has 1 aromatic carbocycles. The summed E-state index contributed by atoms with van der Waals surface area (Å²) in [7, 11) is -3.91. The van der Waals surface area contributed by atoms with Crippen molar-refractivity contribution in [3.8, 4) is 5.75 Å². The monoisotopic (exact) mass is 288 g/mol. The van der Waals surface area contributed by atoms with E-state index in [-0.39, 0.29) is 22.8 Å². The Morgan fingerprint density at radius 1 is 1.26 bits per heavy atom. The van der Waals surface area contributed by atoms with Gasteiger partial charge in [0, 0.05) is 6.04 Å². The van der Waals surface area contributed by atoms with Gasteiger partial charge in [-0.05, 0) is 37.5 Å². The Morgan fingerprint density at radius 3 is 2.53 bits per heavy atom. The van der Waals surface area contributed by atoms with Gasteiger partial charge in [0.2, 0.25) is 10.0 Å². The fourth-order valence-corrected chi connectivity index (χ4v) is 2.71. The summed E-state index contributed by atoms with van der Waals surface area (Å²) in [5.74, 6) is -0.737. The van der Waals surface area contributed by atoms with Crippen molar-refractivity contribution in [1.29, 1.82) is 0 Å².